The van der Waals surface area contributed by atoms with Gasteiger partial charge < -0.3 is 5.73 Å². The lowest BCUT2D eigenvalue weighted by atomic mass is 10.1. The number of hydrogen-bond donors (Lipinski definition) is 1. The average molecular weight is 246 g/mol. The monoisotopic (exact) mass is 246 g/mol. The lowest BCUT2D eigenvalue weighted by Crippen LogP contribution is -2.09. The van der Waals surface area contributed by atoms with E-state index in [1.54, 1.807) is 6.21 Å². The zero-order chi connectivity index (χ0) is 13.4. The van der Waals surface area contributed by atoms with Gasteiger partial charge >= 0.3 is 0 Å². The zero-order valence-corrected chi connectivity index (χ0v) is 10.6. The smallest absolute Gasteiger partial charge is 0.245 e. The van der Waals surface area contributed by atoms with Crippen LogP contribution in [-0.2, 0) is 9.59 Å². The van der Waals surface area contributed by atoms with Crippen molar-refractivity contribution in [1.29, 1.82) is 0 Å². The predicted octanol–water partition coefficient (Wildman–Crippen LogP) is 1.99. The van der Waals surface area contributed by atoms with Crippen molar-refractivity contribution in [2.75, 3.05) is 0 Å². The molecule has 0 aliphatic rings. The van der Waals surface area contributed by atoms with Crippen molar-refractivity contribution in [2.24, 2.45) is 10.7 Å². The molecule has 0 aliphatic heterocycles. The standard InChI is InChI=1S/C14H18N2O2/c1-11-5-4-6-12(9-11)10-16-14(18)8-3-2-7-13(15)17/h4-6,9-10H,2-3,7-8H2,1H3,(H2,15,17). The van der Waals surface area contributed by atoms with Crippen molar-refractivity contribution >= 4 is 18.0 Å². The van der Waals surface area contributed by atoms with Crippen molar-refractivity contribution in [1.82, 2.24) is 0 Å². The maximum atomic E-state index is 11.4. The number of primary amides is 1. The van der Waals surface area contributed by atoms with E-state index in [2.05, 4.69) is 4.99 Å². The van der Waals surface area contributed by atoms with Crippen LogP contribution in [0.5, 0.6) is 0 Å². The summed E-state index contributed by atoms with van der Waals surface area (Å²) in [5, 5.41) is 0. The summed E-state index contributed by atoms with van der Waals surface area (Å²) < 4.78 is 0. The van der Waals surface area contributed by atoms with Gasteiger partial charge in [0.15, 0.2) is 0 Å². The molecular weight excluding hydrogens is 228 g/mol. The SMILES string of the molecule is Cc1cccc(C=NC(=O)CCCCC(N)=O)c1. The topological polar surface area (TPSA) is 72.5 Å². The molecule has 18 heavy (non-hydrogen) atoms. The number of benzene rings is 1. The second-order valence-electron chi connectivity index (χ2n) is 4.24. The number of nitrogens with two attached hydrogens (primary N) is 1. The number of aryl methyl sites for hydroxylation is 1. The number of rotatable bonds is 6. The van der Waals surface area contributed by atoms with E-state index >= 15 is 0 Å². The Morgan fingerprint density at radius 1 is 1.28 bits per heavy atom. The Bertz CT molecular complexity index is 453. The van der Waals surface area contributed by atoms with Crippen LogP contribution in [0.4, 0.5) is 0 Å². The van der Waals surface area contributed by atoms with Crippen molar-refractivity contribution in [3.05, 3.63) is 35.4 Å². The lowest BCUT2D eigenvalue weighted by Gasteiger charge is -1.96. The summed E-state index contributed by atoms with van der Waals surface area (Å²) in [4.78, 5) is 25.8. The molecular formula is C14H18N2O2. The molecule has 0 unspecified atom stereocenters. The van der Waals surface area contributed by atoms with Gasteiger partial charge in [0.1, 0.15) is 0 Å². The maximum Gasteiger partial charge on any atom is 0.245 e. The number of aliphatic imine (C=N–C) groups is 1. The first-order chi connectivity index (χ1) is 8.58. The normalized spacial score (nSPS) is 10.7. The van der Waals surface area contributed by atoms with Gasteiger partial charge in [0.25, 0.3) is 0 Å². The van der Waals surface area contributed by atoms with Gasteiger partial charge in [-0.1, -0.05) is 29.8 Å². The quantitative estimate of drug-likeness (QED) is 0.615. The Morgan fingerprint density at radius 2 is 2.00 bits per heavy atom. The van der Waals surface area contributed by atoms with Gasteiger partial charge in [-0.25, -0.2) is 4.99 Å². The number of carbonyl (C=O) groups excluding carboxylic acids is 2. The lowest BCUT2D eigenvalue weighted by molar-refractivity contribution is -0.119. The van der Waals surface area contributed by atoms with Crippen molar-refractivity contribution in [3.63, 3.8) is 0 Å². The second-order valence-corrected chi connectivity index (χ2v) is 4.24. The Balaban J connectivity index is 2.33. The number of hydrogen-bond acceptors (Lipinski definition) is 2. The molecule has 1 aromatic carbocycles. The molecule has 1 aromatic rings. The molecule has 0 bridgehead atoms. The fraction of sp³-hybridized carbons (Fsp3) is 0.357. The highest BCUT2D eigenvalue weighted by atomic mass is 16.1. The van der Waals surface area contributed by atoms with E-state index in [0.717, 1.165) is 11.1 Å². The number of amides is 2. The van der Waals surface area contributed by atoms with E-state index in [9.17, 15) is 9.59 Å². The minimum atomic E-state index is -0.328. The third-order valence-electron chi connectivity index (χ3n) is 2.46. The minimum absolute atomic E-state index is 0.166. The Labute approximate surface area is 107 Å². The van der Waals surface area contributed by atoms with Crippen LogP contribution in [0.25, 0.3) is 0 Å². The summed E-state index contributed by atoms with van der Waals surface area (Å²) in [6.07, 6.45) is 3.54. The molecule has 0 aliphatic carbocycles. The van der Waals surface area contributed by atoms with E-state index in [1.807, 2.05) is 31.2 Å². The number of unbranched alkanes of at least 4 members (excludes halogenated alkanes) is 1. The van der Waals surface area contributed by atoms with Gasteiger partial charge in [-0.05, 0) is 25.3 Å². The molecule has 0 saturated heterocycles. The molecule has 2 N–H and O–H groups in total. The molecule has 0 atom stereocenters. The van der Waals surface area contributed by atoms with E-state index < -0.39 is 0 Å². The summed E-state index contributed by atoms with van der Waals surface area (Å²) in [5.41, 5.74) is 7.05. The average Bonchev–Trinajstić information content (AvgIpc) is 2.32. The Kier molecular flexibility index (Phi) is 5.77. The van der Waals surface area contributed by atoms with Crippen LogP contribution in [0.1, 0.15) is 36.8 Å². The van der Waals surface area contributed by atoms with Crippen molar-refractivity contribution < 1.29 is 9.59 Å². The van der Waals surface area contributed by atoms with Crippen LogP contribution in [0, 0.1) is 6.92 Å². The first-order valence-electron chi connectivity index (χ1n) is 6.00. The fourth-order valence-electron chi connectivity index (χ4n) is 1.54. The third-order valence-corrected chi connectivity index (χ3v) is 2.46. The van der Waals surface area contributed by atoms with E-state index in [4.69, 9.17) is 5.73 Å². The van der Waals surface area contributed by atoms with Gasteiger partial charge in [0.2, 0.25) is 11.8 Å². The van der Waals surface area contributed by atoms with Crippen LogP contribution in [-0.4, -0.2) is 18.0 Å². The summed E-state index contributed by atoms with van der Waals surface area (Å²) in [6.45, 7) is 1.99. The van der Waals surface area contributed by atoms with Gasteiger partial charge in [0.05, 0.1) is 0 Å². The number of carbonyl (C=O) groups is 2. The first-order valence-corrected chi connectivity index (χ1v) is 6.00. The van der Waals surface area contributed by atoms with Crippen LogP contribution in [0.15, 0.2) is 29.3 Å². The zero-order valence-electron chi connectivity index (χ0n) is 10.6. The molecule has 0 saturated carbocycles. The highest BCUT2D eigenvalue weighted by Gasteiger charge is 2.00. The highest BCUT2D eigenvalue weighted by molar-refractivity contribution is 5.91. The molecule has 4 heteroatoms. The molecule has 1 rings (SSSR count). The van der Waals surface area contributed by atoms with Gasteiger partial charge in [0, 0.05) is 19.1 Å². The minimum Gasteiger partial charge on any atom is -0.370 e. The molecule has 0 heterocycles. The third kappa shape index (κ3) is 5.94. The molecule has 0 radical (unpaired) electrons. The predicted molar refractivity (Wildman–Crippen MR) is 71.4 cm³/mol. The van der Waals surface area contributed by atoms with Gasteiger partial charge in [-0.15, -0.1) is 0 Å². The first kappa shape index (κ1) is 14.1. The Hall–Kier alpha value is -1.97. The summed E-state index contributed by atoms with van der Waals surface area (Å²) in [6, 6.07) is 7.78. The summed E-state index contributed by atoms with van der Waals surface area (Å²) in [5.74, 6) is -0.494. The highest BCUT2D eigenvalue weighted by Crippen LogP contribution is 2.03. The second kappa shape index (κ2) is 7.37. The maximum absolute atomic E-state index is 11.4. The van der Waals surface area contributed by atoms with Crippen LogP contribution in [0.2, 0.25) is 0 Å². The van der Waals surface area contributed by atoms with Crippen LogP contribution in [0.3, 0.4) is 0 Å². The molecule has 0 aromatic heterocycles. The Morgan fingerprint density at radius 3 is 2.67 bits per heavy atom. The van der Waals surface area contributed by atoms with Crippen LogP contribution >= 0.6 is 0 Å². The number of nitrogens with zero attached hydrogens (tertiary/aromatic N) is 1. The van der Waals surface area contributed by atoms with Gasteiger partial charge in [-0.3, -0.25) is 9.59 Å². The molecule has 4 nitrogen and oxygen atoms in total. The van der Waals surface area contributed by atoms with E-state index in [1.165, 1.54) is 0 Å². The molecule has 0 spiro atoms. The summed E-state index contributed by atoms with van der Waals surface area (Å²) >= 11 is 0. The van der Waals surface area contributed by atoms with Crippen LogP contribution < -0.4 is 5.73 Å². The van der Waals surface area contributed by atoms with Crippen molar-refractivity contribution in [3.8, 4) is 0 Å². The van der Waals surface area contributed by atoms with Crippen molar-refractivity contribution in [2.45, 2.75) is 32.6 Å². The largest absolute Gasteiger partial charge is 0.370 e. The van der Waals surface area contributed by atoms with E-state index in [-0.39, 0.29) is 11.8 Å². The molecule has 2 amide bonds. The van der Waals surface area contributed by atoms with Gasteiger partial charge in [-0.2, -0.15) is 0 Å². The van der Waals surface area contributed by atoms with E-state index in [0.29, 0.717) is 25.7 Å². The fourth-order valence-corrected chi connectivity index (χ4v) is 1.54. The molecule has 96 valence electrons. The molecule has 0 fully saturated rings. The summed E-state index contributed by atoms with van der Waals surface area (Å²) in [7, 11) is 0.